The molecule has 1 amide bonds. The van der Waals surface area contributed by atoms with Gasteiger partial charge in [0.25, 0.3) is 0 Å². The summed E-state index contributed by atoms with van der Waals surface area (Å²) in [5, 5.41) is -0.320. The van der Waals surface area contributed by atoms with E-state index in [1.807, 2.05) is 23.5 Å². The van der Waals surface area contributed by atoms with Crippen LogP contribution in [0.2, 0.25) is 10.3 Å². The van der Waals surface area contributed by atoms with Crippen molar-refractivity contribution < 1.29 is 18.1 Å². The maximum Gasteiger partial charge on any atom is 0.339 e. The minimum atomic E-state index is -3.22. The summed E-state index contributed by atoms with van der Waals surface area (Å²) in [7, 11) is 0. The number of benzene rings is 2. The van der Waals surface area contributed by atoms with Crippen LogP contribution in [0, 0.1) is 11.6 Å². The number of rotatable bonds is 4. The first-order chi connectivity index (χ1) is 23.5. The number of pyridine rings is 2. The molecule has 2 aromatic carbocycles. The fourth-order valence-electron chi connectivity index (χ4n) is 5.26. The number of carbonyl (C=O) groups excluding carboxylic acids is 1. The third kappa shape index (κ3) is 9.01. The van der Waals surface area contributed by atoms with Crippen LogP contribution in [0.25, 0.3) is 39.1 Å². The van der Waals surface area contributed by atoms with E-state index in [-0.39, 0.29) is 22.9 Å². The largest absolute Gasteiger partial charge is 0.339 e. The highest BCUT2D eigenvalue weighted by Crippen LogP contribution is 2.61. The summed E-state index contributed by atoms with van der Waals surface area (Å²) in [5.41, 5.74) is 6.03. The zero-order valence-corrected chi connectivity index (χ0v) is 31.9. The van der Waals surface area contributed by atoms with Crippen molar-refractivity contribution in [3.8, 4) is 0 Å². The number of fused-ring (bicyclic) bond motifs is 6. The van der Waals surface area contributed by atoms with Gasteiger partial charge >= 0.3 is 5.20 Å². The Kier molecular flexibility index (Phi) is 12.2. The molecule has 17 heteroatoms. The van der Waals surface area contributed by atoms with Gasteiger partial charge in [-0.3, -0.25) is 13.8 Å². The van der Waals surface area contributed by atoms with E-state index in [1.165, 1.54) is 12.1 Å². The van der Waals surface area contributed by atoms with E-state index in [2.05, 4.69) is 54.0 Å². The van der Waals surface area contributed by atoms with E-state index in [4.69, 9.17) is 46.4 Å². The Morgan fingerprint density at radius 2 is 1.52 bits per heavy atom. The van der Waals surface area contributed by atoms with Gasteiger partial charge in [-0.2, -0.15) is 0 Å². The molecule has 1 aliphatic carbocycles. The van der Waals surface area contributed by atoms with Gasteiger partial charge in [0.05, 0.1) is 33.3 Å². The van der Waals surface area contributed by atoms with E-state index in [1.54, 1.807) is 55.5 Å². The molecule has 4 heterocycles. The van der Waals surface area contributed by atoms with Crippen LogP contribution in [0.4, 0.5) is 14.5 Å². The number of nitrogens with zero attached hydrogens (tertiary/aromatic N) is 4. The van der Waals surface area contributed by atoms with Gasteiger partial charge in [-0.1, -0.05) is 41.4 Å². The van der Waals surface area contributed by atoms with E-state index in [0.29, 0.717) is 61.4 Å². The SMILES string of the molecule is CC(Cl)C(=O)Nc1ccc(Cl)nc1C1=Cc2c(F)cccc2C1.CC(Cl)c1nc2ccc(Cl)nc2c2cc3c(F)cccc3n12.O=P(Cl)(Cl)Cl. The molecule has 1 N–H and O–H groups in total. The average Bonchev–Trinajstić information content (AvgIpc) is 3.65. The smallest absolute Gasteiger partial charge is 0.323 e. The molecule has 0 aliphatic heterocycles. The summed E-state index contributed by atoms with van der Waals surface area (Å²) in [6, 6.07) is 18.4. The molecule has 0 bridgehead atoms. The number of aromatic nitrogens is 4. The first kappa shape index (κ1) is 38.5. The fourth-order valence-corrected chi connectivity index (χ4v) is 5.75. The number of halogens is 9. The third-order valence-corrected chi connectivity index (χ3v) is 8.14. The summed E-state index contributed by atoms with van der Waals surface area (Å²) in [6.45, 7) is 3.42. The molecular formula is C33H23Cl7F2N5O2P. The monoisotopic (exact) mass is 835 g/mol. The Morgan fingerprint density at radius 1 is 0.880 bits per heavy atom. The van der Waals surface area contributed by atoms with Gasteiger partial charge in [-0.15, -0.1) is 23.2 Å². The predicted molar refractivity (Wildman–Crippen MR) is 204 cm³/mol. The van der Waals surface area contributed by atoms with Crippen molar-refractivity contribution in [2.45, 2.75) is 31.0 Å². The van der Waals surface area contributed by atoms with Crippen LogP contribution in [0.5, 0.6) is 0 Å². The Hall–Kier alpha value is -2.72. The second-order valence-electron chi connectivity index (χ2n) is 10.8. The molecule has 4 aromatic heterocycles. The zero-order chi connectivity index (χ0) is 36.5. The van der Waals surface area contributed by atoms with Crippen molar-refractivity contribution in [2.24, 2.45) is 0 Å². The lowest BCUT2D eigenvalue weighted by atomic mass is 10.1. The number of hydrogen-bond acceptors (Lipinski definition) is 5. The normalized spacial score (nSPS) is 13.5. The highest BCUT2D eigenvalue weighted by Gasteiger charge is 2.22. The van der Waals surface area contributed by atoms with Gasteiger partial charge < -0.3 is 5.32 Å². The molecule has 2 unspecified atom stereocenters. The molecule has 50 heavy (non-hydrogen) atoms. The Morgan fingerprint density at radius 3 is 2.18 bits per heavy atom. The van der Waals surface area contributed by atoms with Crippen LogP contribution in [0.1, 0.15) is 41.9 Å². The highest BCUT2D eigenvalue weighted by molar-refractivity contribution is 8.24. The van der Waals surface area contributed by atoms with E-state index in [9.17, 15) is 18.1 Å². The van der Waals surface area contributed by atoms with E-state index >= 15 is 0 Å². The molecule has 0 saturated heterocycles. The number of carbonyl (C=O) groups is 1. The van der Waals surface area contributed by atoms with E-state index < -0.39 is 10.6 Å². The molecule has 1 aliphatic rings. The summed E-state index contributed by atoms with van der Waals surface area (Å²) in [4.78, 5) is 25.1. The summed E-state index contributed by atoms with van der Waals surface area (Å²) in [5.74, 6) is -0.253. The second kappa shape index (κ2) is 15.9. The van der Waals surface area contributed by atoms with Crippen LogP contribution in [0.15, 0.2) is 66.7 Å². The van der Waals surface area contributed by atoms with Crippen LogP contribution in [0.3, 0.4) is 0 Å². The molecule has 0 fully saturated rings. The molecule has 0 saturated carbocycles. The van der Waals surface area contributed by atoms with Gasteiger partial charge in [0.1, 0.15) is 38.7 Å². The van der Waals surface area contributed by atoms with Gasteiger partial charge in [-0.05, 0) is 113 Å². The molecule has 7 rings (SSSR count). The average molecular weight is 839 g/mol. The lowest BCUT2D eigenvalue weighted by Crippen LogP contribution is -2.21. The van der Waals surface area contributed by atoms with Crippen LogP contribution in [-0.2, 0) is 15.8 Å². The summed E-state index contributed by atoms with van der Waals surface area (Å²) in [6.07, 6.45) is 2.27. The molecule has 7 nitrogen and oxygen atoms in total. The van der Waals surface area contributed by atoms with Crippen LogP contribution < -0.4 is 5.32 Å². The fraction of sp³-hybridized carbons (Fsp3) is 0.152. The second-order valence-corrected chi connectivity index (χ2v) is 19.5. The number of allylic oxidation sites excluding steroid dienone is 1. The molecule has 0 radical (unpaired) electrons. The first-order valence-corrected chi connectivity index (χ1v) is 20.6. The predicted octanol–water partition coefficient (Wildman–Crippen LogP) is 12.5. The lowest BCUT2D eigenvalue weighted by Gasteiger charge is -2.12. The minimum absolute atomic E-state index is 0.278. The Bertz CT molecular complexity index is 2340. The van der Waals surface area contributed by atoms with Crippen molar-refractivity contribution in [3.63, 3.8) is 0 Å². The summed E-state index contributed by atoms with van der Waals surface area (Å²) < 4.78 is 39.4. The number of nitrogens with one attached hydrogen (secondary N) is 1. The topological polar surface area (TPSA) is 89.2 Å². The molecular weight excluding hydrogens is 816 g/mol. The molecule has 6 aromatic rings. The van der Waals surface area contributed by atoms with E-state index in [0.717, 1.165) is 16.7 Å². The van der Waals surface area contributed by atoms with Crippen molar-refractivity contribution in [3.05, 3.63) is 111 Å². The number of alkyl halides is 2. The van der Waals surface area contributed by atoms with Gasteiger partial charge in [0.2, 0.25) is 5.91 Å². The van der Waals surface area contributed by atoms with Crippen LogP contribution >= 0.6 is 85.3 Å². The first-order valence-electron chi connectivity index (χ1n) is 14.5. The van der Waals surface area contributed by atoms with Crippen LogP contribution in [-0.4, -0.2) is 30.6 Å². The van der Waals surface area contributed by atoms with Crippen molar-refractivity contribution in [1.29, 1.82) is 0 Å². The van der Waals surface area contributed by atoms with Crippen molar-refractivity contribution >= 4 is 136 Å². The zero-order valence-electron chi connectivity index (χ0n) is 25.7. The molecule has 0 spiro atoms. The van der Waals surface area contributed by atoms with Crippen molar-refractivity contribution in [1.82, 2.24) is 19.4 Å². The third-order valence-electron chi connectivity index (χ3n) is 7.32. The minimum Gasteiger partial charge on any atom is -0.323 e. The molecule has 2 atom stereocenters. The maximum absolute atomic E-state index is 14.1. The van der Waals surface area contributed by atoms with Crippen molar-refractivity contribution in [2.75, 3.05) is 5.32 Å². The van der Waals surface area contributed by atoms with Gasteiger partial charge in [-0.25, -0.2) is 23.7 Å². The number of hydrogen-bond donors (Lipinski definition) is 1. The highest BCUT2D eigenvalue weighted by atomic mass is 36.0. The Balaban J connectivity index is 0.000000172. The lowest BCUT2D eigenvalue weighted by molar-refractivity contribution is -0.115. The Labute approximate surface area is 319 Å². The standard InChI is InChI=1S/C17H13Cl2FN2O.C16H10Cl2FN3.Cl3OP/c1-9(18)17(23)21-14-5-6-15(19)22-16(14)11-7-10-3-2-4-13(20)12(10)8-11;1-8(17)16-20-11-5-6-14(18)21-15(11)13-7-9-10(19)3-2-4-12(9)22(13)16;1-5(2,3)4/h2-6,8-9H,7H2,1H3,(H,21,23);2-8H,1H3;. The quantitative estimate of drug-likeness (QED) is 0.108. The maximum atomic E-state index is 14.1. The molecule has 260 valence electrons. The summed E-state index contributed by atoms with van der Waals surface area (Å²) >= 11 is 37.9. The number of amides is 1. The van der Waals surface area contributed by atoms with Gasteiger partial charge in [0.15, 0.2) is 0 Å². The number of anilines is 1. The van der Waals surface area contributed by atoms with Gasteiger partial charge in [0, 0.05) is 17.4 Å².